The fraction of sp³-hybridized carbons (Fsp3) is 0.100. The molecule has 43 heavy (non-hydrogen) atoms. The van der Waals surface area contributed by atoms with Gasteiger partial charge in [-0.15, -0.1) is 0 Å². The maximum atomic E-state index is 13.2. The number of rotatable bonds is 7. The highest BCUT2D eigenvalue weighted by molar-refractivity contribution is 6.13. The number of nitro groups is 1. The van der Waals surface area contributed by atoms with E-state index < -0.39 is 22.6 Å². The first-order chi connectivity index (χ1) is 20.5. The van der Waals surface area contributed by atoms with Crippen LogP contribution in [0.3, 0.4) is 0 Å². The molecular weight excluding hydrogens is 554 g/mol. The first-order valence-corrected chi connectivity index (χ1v) is 12.9. The van der Waals surface area contributed by atoms with Gasteiger partial charge >= 0.3 is 5.69 Å². The Morgan fingerprint density at radius 3 is 2.40 bits per heavy atom. The lowest BCUT2D eigenvalue weighted by Crippen LogP contribution is -2.18. The van der Waals surface area contributed by atoms with Crippen molar-refractivity contribution < 1.29 is 24.4 Å². The third-order valence-electron chi connectivity index (χ3n) is 6.66. The molecule has 0 radical (unpaired) electrons. The van der Waals surface area contributed by atoms with E-state index in [4.69, 9.17) is 0 Å². The fourth-order valence-electron chi connectivity index (χ4n) is 4.61. The summed E-state index contributed by atoms with van der Waals surface area (Å²) in [7, 11) is 1.46. The molecule has 2 aromatic heterocycles. The predicted molar refractivity (Wildman–Crippen MR) is 159 cm³/mol. The number of aryl methyl sites for hydroxylation is 2. The van der Waals surface area contributed by atoms with E-state index >= 15 is 0 Å². The Bertz CT molecular complexity index is 1950. The Morgan fingerprint density at radius 1 is 0.907 bits per heavy atom. The molecule has 0 saturated heterocycles. The fourth-order valence-corrected chi connectivity index (χ4v) is 4.61. The average Bonchev–Trinajstić information content (AvgIpc) is 3.40. The summed E-state index contributed by atoms with van der Waals surface area (Å²) in [5, 5.41) is 34.1. The Hall–Kier alpha value is -6.11. The van der Waals surface area contributed by atoms with Crippen molar-refractivity contribution in [2.45, 2.75) is 13.8 Å². The van der Waals surface area contributed by atoms with Crippen molar-refractivity contribution in [3.05, 3.63) is 111 Å². The van der Waals surface area contributed by atoms with Crippen molar-refractivity contribution in [2.24, 2.45) is 0 Å². The van der Waals surface area contributed by atoms with E-state index in [1.807, 2.05) is 0 Å². The van der Waals surface area contributed by atoms with Gasteiger partial charge in [0, 0.05) is 47.1 Å². The SMILES string of the molecule is CNC(=O)c1cc(O)cc(NC(=O)c2ccc(-n3ncc4c(C(=O)Nc5nc(C)ccc5[N+](=O)[O-])cccc43)cc2C)c1. The van der Waals surface area contributed by atoms with Gasteiger partial charge in [-0.3, -0.25) is 24.5 Å². The second-order valence-electron chi connectivity index (χ2n) is 9.63. The smallest absolute Gasteiger partial charge is 0.311 e. The first-order valence-electron chi connectivity index (χ1n) is 12.9. The molecule has 3 aromatic carbocycles. The number of pyridine rings is 1. The van der Waals surface area contributed by atoms with Crippen LogP contribution in [0, 0.1) is 24.0 Å². The first kappa shape index (κ1) is 28.4. The van der Waals surface area contributed by atoms with E-state index in [2.05, 4.69) is 26.0 Å². The number of amides is 3. The number of phenols is 1. The van der Waals surface area contributed by atoms with Crippen LogP contribution in [0.5, 0.6) is 5.75 Å². The lowest BCUT2D eigenvalue weighted by Gasteiger charge is -2.12. The zero-order valence-electron chi connectivity index (χ0n) is 23.2. The van der Waals surface area contributed by atoms with Crippen LogP contribution >= 0.6 is 0 Å². The van der Waals surface area contributed by atoms with Gasteiger partial charge in [-0.2, -0.15) is 5.10 Å². The summed E-state index contributed by atoms with van der Waals surface area (Å²) >= 11 is 0. The van der Waals surface area contributed by atoms with Gasteiger partial charge in [0.15, 0.2) is 0 Å². The Kier molecular flexibility index (Phi) is 7.54. The van der Waals surface area contributed by atoms with Gasteiger partial charge in [0.1, 0.15) is 5.75 Å². The molecule has 5 rings (SSSR count). The number of nitrogens with zero attached hydrogens (tertiary/aromatic N) is 4. The van der Waals surface area contributed by atoms with Gasteiger partial charge in [0.25, 0.3) is 17.7 Å². The molecule has 0 unspecified atom stereocenters. The minimum atomic E-state index is -0.612. The number of carbonyl (C=O) groups excluding carboxylic acids is 3. The highest BCUT2D eigenvalue weighted by Gasteiger charge is 2.21. The molecule has 13 heteroatoms. The van der Waals surface area contributed by atoms with E-state index in [9.17, 15) is 29.6 Å². The van der Waals surface area contributed by atoms with Gasteiger partial charge in [0.05, 0.1) is 27.9 Å². The van der Waals surface area contributed by atoms with Crippen molar-refractivity contribution in [1.29, 1.82) is 0 Å². The molecule has 0 aliphatic rings. The molecule has 0 fully saturated rings. The normalized spacial score (nSPS) is 10.8. The van der Waals surface area contributed by atoms with Crippen LogP contribution in [-0.2, 0) is 0 Å². The van der Waals surface area contributed by atoms with Crippen LogP contribution in [0.15, 0.2) is 72.9 Å². The van der Waals surface area contributed by atoms with Gasteiger partial charge in [-0.25, -0.2) is 9.67 Å². The lowest BCUT2D eigenvalue weighted by atomic mass is 10.1. The number of benzene rings is 3. The summed E-state index contributed by atoms with van der Waals surface area (Å²) in [4.78, 5) is 53.1. The van der Waals surface area contributed by atoms with Crippen LogP contribution in [0.4, 0.5) is 17.2 Å². The molecule has 3 amide bonds. The zero-order valence-corrected chi connectivity index (χ0v) is 23.2. The lowest BCUT2D eigenvalue weighted by molar-refractivity contribution is -0.384. The number of carbonyl (C=O) groups is 3. The molecule has 0 aliphatic carbocycles. The molecule has 4 N–H and O–H groups in total. The van der Waals surface area contributed by atoms with Crippen LogP contribution in [0.1, 0.15) is 42.3 Å². The minimum Gasteiger partial charge on any atom is -0.508 e. The molecular formula is C30H25N7O6. The molecule has 2 heterocycles. The third kappa shape index (κ3) is 5.72. The minimum absolute atomic E-state index is 0.153. The predicted octanol–water partition coefficient (Wildman–Crippen LogP) is 4.52. The van der Waals surface area contributed by atoms with Crippen molar-refractivity contribution >= 4 is 45.8 Å². The summed E-state index contributed by atoms with van der Waals surface area (Å²) in [6.07, 6.45) is 1.52. The molecule has 0 spiro atoms. The average molecular weight is 580 g/mol. The molecule has 13 nitrogen and oxygen atoms in total. The van der Waals surface area contributed by atoms with Crippen LogP contribution in [0.25, 0.3) is 16.6 Å². The van der Waals surface area contributed by atoms with Crippen LogP contribution in [-0.4, -0.2) is 49.6 Å². The third-order valence-corrected chi connectivity index (χ3v) is 6.66. The number of fused-ring (bicyclic) bond motifs is 1. The molecule has 0 atom stereocenters. The molecule has 216 valence electrons. The van der Waals surface area contributed by atoms with E-state index in [0.29, 0.717) is 33.4 Å². The summed E-state index contributed by atoms with van der Waals surface area (Å²) in [6, 6.07) is 17.0. The van der Waals surface area contributed by atoms with Crippen molar-refractivity contribution in [1.82, 2.24) is 20.1 Å². The standard InChI is InChI=1S/C30H25N7O6/c1-16-11-20(8-9-22(16)29(40)34-19-12-18(28(39)31-3)13-21(38)14-19)36-25-6-4-5-23(24(25)15-32-36)30(41)35-27-26(37(42)43)10-7-17(2)33-27/h4-15,38H,1-3H3,(H,31,39)(H,34,40)(H,33,35,41). The number of hydrogen-bond acceptors (Lipinski definition) is 8. The number of anilines is 2. The Labute approximate surface area is 244 Å². The van der Waals surface area contributed by atoms with Gasteiger partial charge < -0.3 is 21.1 Å². The number of phenolic OH excluding ortho intramolecular Hbond substituents is 1. The number of aromatic nitrogens is 3. The van der Waals surface area contributed by atoms with E-state index in [0.717, 1.165) is 0 Å². The van der Waals surface area contributed by atoms with E-state index in [1.165, 1.54) is 43.6 Å². The Morgan fingerprint density at radius 2 is 1.67 bits per heavy atom. The topological polar surface area (TPSA) is 181 Å². The maximum Gasteiger partial charge on any atom is 0.311 e. The van der Waals surface area contributed by atoms with Crippen molar-refractivity contribution in [3.63, 3.8) is 0 Å². The largest absolute Gasteiger partial charge is 0.508 e. The van der Waals surface area contributed by atoms with Gasteiger partial charge in [-0.05, 0) is 67.9 Å². The monoisotopic (exact) mass is 579 g/mol. The quantitative estimate of drug-likeness (QED) is 0.160. The zero-order chi connectivity index (χ0) is 30.8. The molecule has 0 bridgehead atoms. The summed E-state index contributed by atoms with van der Waals surface area (Å²) in [5.41, 5.74) is 3.08. The summed E-state index contributed by atoms with van der Waals surface area (Å²) in [6.45, 7) is 3.42. The molecule has 0 aliphatic heterocycles. The summed E-state index contributed by atoms with van der Waals surface area (Å²) in [5.74, 6) is -1.76. The highest BCUT2D eigenvalue weighted by atomic mass is 16.6. The molecule has 0 saturated carbocycles. The van der Waals surface area contributed by atoms with E-state index in [1.54, 1.807) is 54.9 Å². The van der Waals surface area contributed by atoms with E-state index in [-0.39, 0.29) is 34.1 Å². The van der Waals surface area contributed by atoms with Crippen molar-refractivity contribution in [3.8, 4) is 11.4 Å². The van der Waals surface area contributed by atoms with Gasteiger partial charge in [-0.1, -0.05) is 6.07 Å². The highest BCUT2D eigenvalue weighted by Crippen LogP contribution is 2.27. The second kappa shape index (κ2) is 11.4. The Balaban J connectivity index is 1.41. The summed E-state index contributed by atoms with van der Waals surface area (Å²) < 4.78 is 1.61. The van der Waals surface area contributed by atoms with Crippen LogP contribution < -0.4 is 16.0 Å². The second-order valence-corrected chi connectivity index (χ2v) is 9.63. The number of aromatic hydroxyl groups is 1. The van der Waals surface area contributed by atoms with Crippen molar-refractivity contribution in [2.75, 3.05) is 17.7 Å². The maximum absolute atomic E-state index is 13.2. The molecule has 5 aromatic rings. The number of nitrogens with one attached hydrogen (secondary N) is 3. The van der Waals surface area contributed by atoms with Gasteiger partial charge in [0.2, 0.25) is 5.82 Å². The van der Waals surface area contributed by atoms with Crippen LogP contribution in [0.2, 0.25) is 0 Å². The number of hydrogen-bond donors (Lipinski definition) is 4.